The smallest absolute Gasteiger partial charge is 0.293 e. The number of halogens is 2. The Bertz CT molecular complexity index is 668. The molecular formula is C14H15F2N3O. The van der Waals surface area contributed by atoms with Crippen LogP contribution in [0.4, 0.5) is 14.6 Å². The molecule has 1 aromatic heterocycles. The van der Waals surface area contributed by atoms with Crippen LogP contribution < -0.4 is 10.9 Å². The summed E-state index contributed by atoms with van der Waals surface area (Å²) in [5, 5.41) is 2.78. The first-order chi connectivity index (χ1) is 9.49. The van der Waals surface area contributed by atoms with Crippen molar-refractivity contribution in [3.05, 3.63) is 58.1 Å². The highest BCUT2D eigenvalue weighted by atomic mass is 19.1. The van der Waals surface area contributed by atoms with Crippen molar-refractivity contribution in [3.63, 3.8) is 0 Å². The van der Waals surface area contributed by atoms with Gasteiger partial charge in [0.05, 0.1) is 0 Å². The molecule has 0 aliphatic rings. The van der Waals surface area contributed by atoms with Gasteiger partial charge in [-0.2, -0.15) is 0 Å². The van der Waals surface area contributed by atoms with Crippen LogP contribution in [0.2, 0.25) is 0 Å². The first-order valence-corrected chi connectivity index (χ1v) is 6.24. The SMILES string of the molecule is CC(C)n1ccnc(NCc2ccc(F)cc2F)c1=O. The first kappa shape index (κ1) is 14.2. The molecule has 2 rings (SSSR count). The quantitative estimate of drug-likeness (QED) is 0.936. The van der Waals surface area contributed by atoms with E-state index < -0.39 is 11.6 Å². The molecule has 0 saturated heterocycles. The first-order valence-electron chi connectivity index (χ1n) is 6.24. The maximum absolute atomic E-state index is 13.5. The number of nitrogens with one attached hydrogen (secondary N) is 1. The second-order valence-electron chi connectivity index (χ2n) is 4.67. The maximum atomic E-state index is 13.5. The van der Waals surface area contributed by atoms with Crippen molar-refractivity contribution in [2.75, 3.05) is 5.32 Å². The zero-order chi connectivity index (χ0) is 14.7. The Balaban J connectivity index is 2.19. The van der Waals surface area contributed by atoms with Crippen LogP contribution in [0, 0.1) is 11.6 Å². The van der Waals surface area contributed by atoms with Gasteiger partial charge in [0.25, 0.3) is 5.56 Å². The summed E-state index contributed by atoms with van der Waals surface area (Å²) in [4.78, 5) is 16.0. The average molecular weight is 279 g/mol. The Labute approximate surface area is 115 Å². The molecule has 4 nitrogen and oxygen atoms in total. The monoisotopic (exact) mass is 279 g/mol. The summed E-state index contributed by atoms with van der Waals surface area (Å²) in [6.45, 7) is 3.83. The van der Waals surface area contributed by atoms with E-state index in [2.05, 4.69) is 10.3 Å². The fraction of sp³-hybridized carbons (Fsp3) is 0.286. The molecule has 1 heterocycles. The van der Waals surface area contributed by atoms with E-state index >= 15 is 0 Å². The Morgan fingerprint density at radius 3 is 2.75 bits per heavy atom. The minimum absolute atomic E-state index is 0.00797. The van der Waals surface area contributed by atoms with Crippen LogP contribution in [0.25, 0.3) is 0 Å². The van der Waals surface area contributed by atoms with Gasteiger partial charge >= 0.3 is 0 Å². The molecule has 0 saturated carbocycles. The van der Waals surface area contributed by atoms with E-state index in [1.54, 1.807) is 6.20 Å². The van der Waals surface area contributed by atoms with Crippen LogP contribution in [0.5, 0.6) is 0 Å². The summed E-state index contributed by atoms with van der Waals surface area (Å²) in [6.07, 6.45) is 3.10. The Morgan fingerprint density at radius 2 is 2.10 bits per heavy atom. The topological polar surface area (TPSA) is 46.9 Å². The molecule has 0 atom stereocenters. The summed E-state index contributed by atoms with van der Waals surface area (Å²) in [6, 6.07) is 3.32. The molecule has 20 heavy (non-hydrogen) atoms. The van der Waals surface area contributed by atoms with Gasteiger partial charge < -0.3 is 9.88 Å². The lowest BCUT2D eigenvalue weighted by atomic mass is 10.2. The number of hydrogen-bond acceptors (Lipinski definition) is 3. The molecule has 0 bridgehead atoms. The molecule has 1 N–H and O–H groups in total. The van der Waals surface area contributed by atoms with Crippen molar-refractivity contribution < 1.29 is 8.78 Å². The Kier molecular flexibility index (Phi) is 4.12. The van der Waals surface area contributed by atoms with Crippen LogP contribution in [0.3, 0.4) is 0 Å². The van der Waals surface area contributed by atoms with Crippen LogP contribution >= 0.6 is 0 Å². The van der Waals surface area contributed by atoms with E-state index in [9.17, 15) is 13.6 Å². The van der Waals surface area contributed by atoms with Crippen molar-refractivity contribution in [3.8, 4) is 0 Å². The minimum Gasteiger partial charge on any atom is -0.361 e. The van der Waals surface area contributed by atoms with E-state index in [0.29, 0.717) is 0 Å². The molecule has 2 aromatic rings. The highest BCUT2D eigenvalue weighted by Gasteiger charge is 2.08. The number of anilines is 1. The highest BCUT2D eigenvalue weighted by Crippen LogP contribution is 2.11. The maximum Gasteiger partial charge on any atom is 0.293 e. The van der Waals surface area contributed by atoms with Gasteiger partial charge in [0.2, 0.25) is 0 Å². The van der Waals surface area contributed by atoms with Crippen LogP contribution in [-0.2, 0) is 6.54 Å². The standard InChI is InChI=1S/C14H15F2N3O/c1-9(2)19-6-5-17-13(14(19)20)18-8-10-3-4-11(15)7-12(10)16/h3-7,9H,8H2,1-2H3,(H,17,18). The van der Waals surface area contributed by atoms with E-state index in [1.807, 2.05) is 13.8 Å². The number of aromatic nitrogens is 2. The van der Waals surface area contributed by atoms with Gasteiger partial charge in [-0.15, -0.1) is 0 Å². The molecule has 0 amide bonds. The summed E-state index contributed by atoms with van der Waals surface area (Å²) in [5.74, 6) is -1.14. The lowest BCUT2D eigenvalue weighted by Gasteiger charge is -2.11. The number of benzene rings is 1. The summed E-state index contributed by atoms with van der Waals surface area (Å²) in [5.41, 5.74) is -0.00225. The zero-order valence-electron chi connectivity index (χ0n) is 11.2. The largest absolute Gasteiger partial charge is 0.361 e. The molecule has 0 fully saturated rings. The van der Waals surface area contributed by atoms with Gasteiger partial charge in [0, 0.05) is 36.6 Å². The third kappa shape index (κ3) is 3.01. The third-order valence-electron chi connectivity index (χ3n) is 2.89. The molecule has 0 unspecified atom stereocenters. The van der Waals surface area contributed by atoms with Crippen molar-refractivity contribution in [2.24, 2.45) is 0 Å². The van der Waals surface area contributed by atoms with Crippen molar-refractivity contribution in [1.82, 2.24) is 9.55 Å². The molecule has 1 aromatic carbocycles. The normalized spacial score (nSPS) is 10.8. The van der Waals surface area contributed by atoms with Crippen LogP contribution in [0.1, 0.15) is 25.5 Å². The predicted molar refractivity (Wildman–Crippen MR) is 72.6 cm³/mol. The average Bonchev–Trinajstić information content (AvgIpc) is 2.39. The molecule has 0 aliphatic heterocycles. The third-order valence-corrected chi connectivity index (χ3v) is 2.89. The molecule has 0 spiro atoms. The molecule has 6 heteroatoms. The van der Waals surface area contributed by atoms with Crippen LogP contribution in [0.15, 0.2) is 35.4 Å². The second kappa shape index (κ2) is 5.81. The van der Waals surface area contributed by atoms with Gasteiger partial charge in [-0.05, 0) is 19.9 Å². The zero-order valence-corrected chi connectivity index (χ0v) is 11.2. The predicted octanol–water partition coefficient (Wildman–Crippen LogP) is 2.71. The summed E-state index contributed by atoms with van der Waals surface area (Å²) in [7, 11) is 0. The minimum atomic E-state index is -0.655. The van der Waals surface area contributed by atoms with Gasteiger partial charge in [0.15, 0.2) is 5.82 Å². The second-order valence-corrected chi connectivity index (χ2v) is 4.67. The van der Waals surface area contributed by atoms with E-state index in [0.717, 1.165) is 6.07 Å². The van der Waals surface area contributed by atoms with Crippen molar-refractivity contribution in [1.29, 1.82) is 0 Å². The van der Waals surface area contributed by atoms with E-state index in [1.165, 1.54) is 22.9 Å². The van der Waals surface area contributed by atoms with E-state index in [-0.39, 0.29) is 29.5 Å². The molecule has 0 aliphatic carbocycles. The van der Waals surface area contributed by atoms with Gasteiger partial charge in [-0.1, -0.05) is 6.07 Å². The van der Waals surface area contributed by atoms with Gasteiger partial charge in [-0.25, -0.2) is 13.8 Å². The van der Waals surface area contributed by atoms with E-state index in [4.69, 9.17) is 0 Å². The summed E-state index contributed by atoms with van der Waals surface area (Å²) < 4.78 is 27.8. The Morgan fingerprint density at radius 1 is 1.35 bits per heavy atom. The highest BCUT2D eigenvalue weighted by molar-refractivity contribution is 5.33. The summed E-state index contributed by atoms with van der Waals surface area (Å²) >= 11 is 0. The number of nitrogens with zero attached hydrogens (tertiary/aromatic N) is 2. The van der Waals surface area contributed by atoms with Crippen LogP contribution in [-0.4, -0.2) is 9.55 Å². The van der Waals surface area contributed by atoms with Crippen molar-refractivity contribution >= 4 is 5.82 Å². The fourth-order valence-corrected chi connectivity index (χ4v) is 1.80. The molecular weight excluding hydrogens is 264 g/mol. The lowest BCUT2D eigenvalue weighted by Crippen LogP contribution is -2.25. The molecule has 106 valence electrons. The van der Waals surface area contributed by atoms with Gasteiger partial charge in [0.1, 0.15) is 11.6 Å². The number of rotatable bonds is 4. The van der Waals surface area contributed by atoms with Gasteiger partial charge in [-0.3, -0.25) is 4.79 Å². The van der Waals surface area contributed by atoms with Crippen molar-refractivity contribution in [2.45, 2.75) is 26.4 Å². The lowest BCUT2D eigenvalue weighted by molar-refractivity contribution is 0.570. The molecule has 0 radical (unpaired) electrons. The Hall–Kier alpha value is -2.24. The fourth-order valence-electron chi connectivity index (χ4n) is 1.80. The number of hydrogen-bond donors (Lipinski definition) is 1.